The second kappa shape index (κ2) is 5.17. The molecule has 2 rings (SSSR count). The standard InChI is InChI=1S/C13H19ClN2/c1-16(13-6-5-12(15)8-13)9-10-3-2-4-11(14)7-10/h2-4,7,12-13H,5-6,8-9,15H2,1H3. The van der Waals surface area contributed by atoms with Crippen LogP contribution in [-0.4, -0.2) is 24.0 Å². The number of benzene rings is 1. The third-order valence-corrected chi connectivity index (χ3v) is 3.62. The van der Waals surface area contributed by atoms with Gasteiger partial charge in [0.25, 0.3) is 0 Å². The predicted octanol–water partition coefficient (Wildman–Crippen LogP) is 2.65. The minimum absolute atomic E-state index is 0.395. The average molecular weight is 239 g/mol. The monoisotopic (exact) mass is 238 g/mol. The molecule has 0 saturated heterocycles. The number of nitrogens with two attached hydrogens (primary N) is 1. The van der Waals surface area contributed by atoms with Crippen molar-refractivity contribution in [3.8, 4) is 0 Å². The van der Waals surface area contributed by atoms with Gasteiger partial charge >= 0.3 is 0 Å². The van der Waals surface area contributed by atoms with Crippen molar-refractivity contribution < 1.29 is 0 Å². The van der Waals surface area contributed by atoms with Gasteiger partial charge in [0.1, 0.15) is 0 Å². The first kappa shape index (κ1) is 11.9. The van der Waals surface area contributed by atoms with Crippen molar-refractivity contribution in [1.29, 1.82) is 0 Å². The molecule has 1 aromatic carbocycles. The van der Waals surface area contributed by atoms with Crippen LogP contribution >= 0.6 is 11.6 Å². The summed E-state index contributed by atoms with van der Waals surface area (Å²) < 4.78 is 0. The first-order valence-electron chi connectivity index (χ1n) is 5.85. The summed E-state index contributed by atoms with van der Waals surface area (Å²) in [6.07, 6.45) is 3.50. The van der Waals surface area contributed by atoms with Crippen LogP contribution < -0.4 is 5.73 Å². The van der Waals surface area contributed by atoms with Gasteiger partial charge in [0.15, 0.2) is 0 Å². The van der Waals surface area contributed by atoms with Gasteiger partial charge in [-0.3, -0.25) is 4.90 Å². The van der Waals surface area contributed by atoms with Gasteiger partial charge in [0, 0.05) is 23.7 Å². The summed E-state index contributed by atoms with van der Waals surface area (Å²) in [4.78, 5) is 2.39. The fourth-order valence-electron chi connectivity index (χ4n) is 2.44. The smallest absolute Gasteiger partial charge is 0.0409 e. The highest BCUT2D eigenvalue weighted by Crippen LogP contribution is 2.23. The molecule has 1 saturated carbocycles. The maximum Gasteiger partial charge on any atom is 0.0409 e. The summed E-state index contributed by atoms with van der Waals surface area (Å²) >= 11 is 5.97. The summed E-state index contributed by atoms with van der Waals surface area (Å²) in [5.74, 6) is 0. The number of rotatable bonds is 3. The molecule has 88 valence electrons. The molecule has 1 aromatic rings. The molecule has 1 fully saturated rings. The lowest BCUT2D eigenvalue weighted by Gasteiger charge is -2.24. The SMILES string of the molecule is CN(Cc1cccc(Cl)c1)C1CCC(N)C1. The molecule has 1 aliphatic rings. The van der Waals surface area contributed by atoms with Gasteiger partial charge in [0.2, 0.25) is 0 Å². The van der Waals surface area contributed by atoms with E-state index >= 15 is 0 Å². The van der Waals surface area contributed by atoms with Crippen LogP contribution in [0.1, 0.15) is 24.8 Å². The Morgan fingerprint density at radius 1 is 1.44 bits per heavy atom. The average Bonchev–Trinajstić information content (AvgIpc) is 2.65. The molecule has 1 aliphatic carbocycles. The van der Waals surface area contributed by atoms with E-state index < -0.39 is 0 Å². The molecule has 2 nitrogen and oxygen atoms in total. The van der Waals surface area contributed by atoms with Gasteiger partial charge < -0.3 is 5.73 Å². The number of halogens is 1. The van der Waals surface area contributed by atoms with Crippen LogP contribution in [-0.2, 0) is 6.54 Å². The lowest BCUT2D eigenvalue weighted by atomic mass is 10.1. The van der Waals surface area contributed by atoms with E-state index in [1.807, 2.05) is 18.2 Å². The van der Waals surface area contributed by atoms with E-state index in [1.165, 1.54) is 12.0 Å². The minimum atomic E-state index is 0.395. The van der Waals surface area contributed by atoms with Gasteiger partial charge in [-0.05, 0) is 44.0 Å². The number of nitrogens with zero attached hydrogens (tertiary/aromatic N) is 1. The molecule has 16 heavy (non-hydrogen) atoms. The van der Waals surface area contributed by atoms with Crippen molar-refractivity contribution in [3.05, 3.63) is 34.9 Å². The van der Waals surface area contributed by atoms with Gasteiger partial charge in [0.05, 0.1) is 0 Å². The molecule has 2 unspecified atom stereocenters. The highest BCUT2D eigenvalue weighted by atomic mass is 35.5. The zero-order chi connectivity index (χ0) is 11.5. The van der Waals surface area contributed by atoms with Crippen LogP contribution in [0.25, 0.3) is 0 Å². The van der Waals surface area contributed by atoms with Crippen LogP contribution in [0.15, 0.2) is 24.3 Å². The molecule has 2 atom stereocenters. The molecule has 3 heteroatoms. The van der Waals surface area contributed by atoms with E-state index in [2.05, 4.69) is 18.0 Å². The van der Waals surface area contributed by atoms with Crippen LogP contribution in [0, 0.1) is 0 Å². The first-order valence-corrected chi connectivity index (χ1v) is 6.23. The van der Waals surface area contributed by atoms with Crippen LogP contribution in [0.5, 0.6) is 0 Å². The van der Waals surface area contributed by atoms with E-state index in [1.54, 1.807) is 0 Å². The minimum Gasteiger partial charge on any atom is -0.328 e. The highest BCUT2D eigenvalue weighted by molar-refractivity contribution is 6.30. The Labute approximate surface area is 102 Å². The molecule has 0 spiro atoms. The zero-order valence-corrected chi connectivity index (χ0v) is 10.5. The molecule has 0 heterocycles. The van der Waals surface area contributed by atoms with Crippen molar-refractivity contribution in [2.24, 2.45) is 5.73 Å². The lowest BCUT2D eigenvalue weighted by Crippen LogP contribution is -2.30. The van der Waals surface area contributed by atoms with Crippen molar-refractivity contribution in [3.63, 3.8) is 0 Å². The molecular formula is C13H19ClN2. The van der Waals surface area contributed by atoms with E-state index in [9.17, 15) is 0 Å². The maximum atomic E-state index is 5.97. The zero-order valence-electron chi connectivity index (χ0n) is 9.70. The largest absolute Gasteiger partial charge is 0.328 e. The molecular weight excluding hydrogens is 220 g/mol. The van der Waals surface area contributed by atoms with Crippen molar-refractivity contribution in [2.75, 3.05) is 7.05 Å². The Kier molecular flexibility index (Phi) is 3.85. The Morgan fingerprint density at radius 2 is 2.25 bits per heavy atom. The van der Waals surface area contributed by atoms with Crippen molar-refractivity contribution in [2.45, 2.75) is 37.9 Å². The van der Waals surface area contributed by atoms with Crippen LogP contribution in [0.2, 0.25) is 5.02 Å². The van der Waals surface area contributed by atoms with Crippen LogP contribution in [0.4, 0.5) is 0 Å². The molecule has 2 N–H and O–H groups in total. The van der Waals surface area contributed by atoms with E-state index in [4.69, 9.17) is 17.3 Å². The summed E-state index contributed by atoms with van der Waals surface area (Å²) in [6.45, 7) is 0.956. The highest BCUT2D eigenvalue weighted by Gasteiger charge is 2.24. The number of hydrogen-bond acceptors (Lipinski definition) is 2. The van der Waals surface area contributed by atoms with E-state index in [0.29, 0.717) is 12.1 Å². The lowest BCUT2D eigenvalue weighted by molar-refractivity contribution is 0.235. The summed E-state index contributed by atoms with van der Waals surface area (Å²) in [6, 6.07) is 9.10. The predicted molar refractivity (Wildman–Crippen MR) is 68.5 cm³/mol. The fraction of sp³-hybridized carbons (Fsp3) is 0.538. The topological polar surface area (TPSA) is 29.3 Å². The quantitative estimate of drug-likeness (QED) is 0.877. The molecule has 0 radical (unpaired) electrons. The van der Waals surface area contributed by atoms with Crippen molar-refractivity contribution >= 4 is 11.6 Å². The fourth-order valence-corrected chi connectivity index (χ4v) is 2.66. The summed E-state index contributed by atoms with van der Waals surface area (Å²) in [5, 5.41) is 0.814. The Hall–Kier alpha value is -0.570. The Morgan fingerprint density at radius 3 is 2.88 bits per heavy atom. The third-order valence-electron chi connectivity index (χ3n) is 3.39. The molecule has 0 bridgehead atoms. The van der Waals surface area contributed by atoms with Crippen molar-refractivity contribution in [1.82, 2.24) is 4.90 Å². The molecule has 0 amide bonds. The molecule has 0 aromatic heterocycles. The second-order valence-electron chi connectivity index (χ2n) is 4.77. The summed E-state index contributed by atoms with van der Waals surface area (Å²) in [7, 11) is 2.17. The maximum absolute atomic E-state index is 5.97. The molecule has 0 aliphatic heterocycles. The van der Waals surface area contributed by atoms with E-state index in [0.717, 1.165) is 24.4 Å². The van der Waals surface area contributed by atoms with Gasteiger partial charge in [-0.15, -0.1) is 0 Å². The normalized spacial score (nSPS) is 25.2. The van der Waals surface area contributed by atoms with Gasteiger partial charge in [-0.25, -0.2) is 0 Å². The first-order chi connectivity index (χ1) is 7.65. The summed E-state index contributed by atoms with van der Waals surface area (Å²) in [5.41, 5.74) is 7.21. The Bertz CT molecular complexity index is 354. The third kappa shape index (κ3) is 2.97. The van der Waals surface area contributed by atoms with Gasteiger partial charge in [-0.1, -0.05) is 23.7 Å². The number of hydrogen-bond donors (Lipinski definition) is 1. The Balaban J connectivity index is 1.94. The van der Waals surface area contributed by atoms with Crippen LogP contribution in [0.3, 0.4) is 0 Å². The second-order valence-corrected chi connectivity index (χ2v) is 5.21. The van der Waals surface area contributed by atoms with E-state index in [-0.39, 0.29) is 0 Å². The van der Waals surface area contributed by atoms with Gasteiger partial charge in [-0.2, -0.15) is 0 Å².